The van der Waals surface area contributed by atoms with E-state index in [-0.39, 0.29) is 175 Å². The minimum atomic E-state index is -0.676. The van der Waals surface area contributed by atoms with Crippen molar-refractivity contribution in [2.75, 3.05) is 131 Å². The van der Waals surface area contributed by atoms with E-state index in [2.05, 4.69) is 47.9 Å². The van der Waals surface area contributed by atoms with Crippen LogP contribution in [0.15, 0.2) is 72.8 Å². The van der Waals surface area contributed by atoms with Gasteiger partial charge in [-0.1, -0.05) is 24.3 Å². The molecule has 4 aliphatic heterocycles. The van der Waals surface area contributed by atoms with Gasteiger partial charge in [-0.15, -0.1) is 0 Å². The van der Waals surface area contributed by atoms with Crippen LogP contribution in [0.2, 0.25) is 0 Å². The highest BCUT2D eigenvalue weighted by molar-refractivity contribution is 6.06. The monoisotopic (exact) mass is 1160 g/mol. The highest BCUT2D eigenvalue weighted by Crippen LogP contribution is 2.26. The molecule has 12 bridgehead atoms. The summed E-state index contributed by atoms with van der Waals surface area (Å²) in [6.07, 6.45) is 1.41. The fourth-order valence-corrected chi connectivity index (χ4v) is 10.0. The first-order valence-electron chi connectivity index (χ1n) is 28.2. The molecule has 0 radical (unpaired) electrons. The maximum Gasteiger partial charge on any atom is 0.255 e. The van der Waals surface area contributed by atoms with Gasteiger partial charge in [0.25, 0.3) is 47.3 Å². The van der Waals surface area contributed by atoms with Gasteiger partial charge in [-0.25, -0.2) is 0 Å². The molecule has 3 unspecified atom stereocenters. The van der Waals surface area contributed by atoms with Gasteiger partial charge in [-0.2, -0.15) is 0 Å². The molecule has 0 spiro atoms. The number of aromatic hydroxyl groups is 4. The fourth-order valence-electron chi connectivity index (χ4n) is 10.0. The molecule has 13 N–H and O–H groups in total. The second kappa shape index (κ2) is 31.0. The average Bonchev–Trinajstić information content (AvgIpc) is 3.66. The summed E-state index contributed by atoms with van der Waals surface area (Å²) in [5.74, 6) is -7.72. The van der Waals surface area contributed by atoms with Crippen molar-refractivity contribution in [3.63, 3.8) is 0 Å². The van der Waals surface area contributed by atoms with Gasteiger partial charge in [0.1, 0.15) is 23.0 Å². The van der Waals surface area contributed by atoms with E-state index < -0.39 is 76.3 Å². The number of para-hydroxylation sites is 4. The zero-order chi connectivity index (χ0) is 60.1. The number of carbonyl (C=O) groups is 9. The molecule has 26 heteroatoms. The van der Waals surface area contributed by atoms with Gasteiger partial charge in [-0.3, -0.25) is 62.8 Å². The van der Waals surface area contributed by atoms with Crippen LogP contribution in [0.4, 0.5) is 0 Å². The standard InChI is InChI=1S/C58H75N13O13/c1-37(72)59-17-3-2-8-38-36-71-31-24-66-56(82)44-14-6-13-43(49(44)75)53(79)62-20-27-69(28-21-65-57(83)45-15-7-16-46(50(45)76)58(84)67-38)33-32-68-25-18-60-51(77)39-9-4-11-41(47(39)73)54(80)63-22-29-70(34-35-71)30-23-64-55(81)42-12-5-10-40(48(42)74)52(78)61-19-26-68/h4-7,9-16,38,73-76H,2-3,8,17-36H2,1H3,(H,59,72)(H,60,77)(H,61,78)(H,62,79)(H,63,80)(H,64,81)(H,65,83)(H,66,82)(H,67,84). The highest BCUT2D eigenvalue weighted by atomic mass is 16.3. The summed E-state index contributed by atoms with van der Waals surface area (Å²) >= 11 is 0. The number of hydrogen-bond donors (Lipinski definition) is 13. The molecule has 4 heterocycles. The zero-order valence-electron chi connectivity index (χ0n) is 47.0. The Morgan fingerprint density at radius 1 is 0.393 bits per heavy atom. The number of nitrogens with zero attached hydrogens (tertiary/aromatic N) is 4. The zero-order valence-corrected chi connectivity index (χ0v) is 47.0. The first-order valence-corrected chi connectivity index (χ1v) is 28.2. The van der Waals surface area contributed by atoms with Gasteiger partial charge in [0.15, 0.2) is 0 Å². The molecule has 8 rings (SSSR count). The molecule has 0 fully saturated rings. The van der Waals surface area contributed by atoms with Gasteiger partial charge >= 0.3 is 0 Å². The lowest BCUT2D eigenvalue weighted by Gasteiger charge is -2.31. The third kappa shape index (κ3) is 17.6. The van der Waals surface area contributed by atoms with Crippen molar-refractivity contribution in [2.45, 2.75) is 32.2 Å². The number of carbonyl (C=O) groups excluding carboxylic acids is 9. The van der Waals surface area contributed by atoms with E-state index >= 15 is 0 Å². The maximum absolute atomic E-state index is 14.3. The van der Waals surface area contributed by atoms with Crippen molar-refractivity contribution in [3.8, 4) is 23.0 Å². The minimum absolute atomic E-state index is 0.00167. The number of benzene rings is 4. The Morgan fingerprint density at radius 3 is 0.917 bits per heavy atom. The number of hydrogen-bond acceptors (Lipinski definition) is 17. The average molecular weight is 1160 g/mol. The van der Waals surface area contributed by atoms with Crippen LogP contribution in [0.3, 0.4) is 0 Å². The van der Waals surface area contributed by atoms with Gasteiger partial charge in [0, 0.05) is 144 Å². The van der Waals surface area contributed by atoms with Crippen LogP contribution in [0.25, 0.3) is 0 Å². The second-order valence-corrected chi connectivity index (χ2v) is 20.6. The van der Waals surface area contributed by atoms with Crippen molar-refractivity contribution in [2.24, 2.45) is 0 Å². The number of amides is 9. The molecular weight excluding hydrogens is 1090 g/mol. The summed E-state index contributed by atoms with van der Waals surface area (Å²) in [6, 6.07) is 16.3. The molecule has 9 amide bonds. The van der Waals surface area contributed by atoms with Crippen molar-refractivity contribution >= 4 is 53.2 Å². The Morgan fingerprint density at radius 2 is 0.643 bits per heavy atom. The topological polar surface area (TPSA) is 356 Å². The summed E-state index contributed by atoms with van der Waals surface area (Å²) in [5, 5.41) is 71.3. The van der Waals surface area contributed by atoms with Crippen LogP contribution in [0, 0.1) is 0 Å². The molecule has 0 saturated carbocycles. The van der Waals surface area contributed by atoms with E-state index in [1.165, 1.54) is 79.7 Å². The van der Waals surface area contributed by atoms with Crippen LogP contribution in [0.5, 0.6) is 23.0 Å². The molecule has 4 aliphatic rings. The summed E-state index contributed by atoms with van der Waals surface area (Å²) in [4.78, 5) is 130. The Balaban J connectivity index is 1.32. The SMILES string of the molecule is CC(=O)NCCCCC1CN2CCNC(=O)c3cccc(c3O)C(=O)NCCN(CCNC(=O)c3cccc(c3O)C(=O)N1)CCN1CCNC(=O)c3cccc(c3O)C(=O)NCCN(CCNC(=O)c3cccc(c3O)C(=O)NCC1)CC2. The lowest BCUT2D eigenvalue weighted by Crippen LogP contribution is -2.49. The Hall–Kier alpha value is -8.85. The lowest BCUT2D eigenvalue weighted by molar-refractivity contribution is -0.119. The molecule has 3 atom stereocenters. The van der Waals surface area contributed by atoms with Gasteiger partial charge in [0.05, 0.1) is 44.5 Å². The third-order valence-electron chi connectivity index (χ3n) is 14.7. The number of fused-ring (bicyclic) bond motifs is 16. The molecule has 450 valence electrons. The van der Waals surface area contributed by atoms with E-state index in [4.69, 9.17) is 0 Å². The second-order valence-electron chi connectivity index (χ2n) is 20.6. The number of phenols is 4. The van der Waals surface area contributed by atoms with Crippen LogP contribution < -0.4 is 47.9 Å². The predicted octanol–water partition coefficient (Wildman–Crippen LogP) is -0.628. The molecule has 0 aliphatic carbocycles. The molecular formula is C58H75N13O13. The molecule has 26 nitrogen and oxygen atoms in total. The highest BCUT2D eigenvalue weighted by Gasteiger charge is 2.27. The number of unbranched alkanes of at least 4 members (excludes halogenated alkanes) is 1. The largest absolute Gasteiger partial charge is 0.506 e. The molecule has 4 aromatic rings. The first-order chi connectivity index (χ1) is 40.5. The Kier molecular flexibility index (Phi) is 23.1. The quantitative estimate of drug-likeness (QED) is 0.111. The first kappa shape index (κ1) is 62.7. The van der Waals surface area contributed by atoms with Crippen LogP contribution in [-0.2, 0) is 4.79 Å². The number of nitrogens with one attached hydrogen (secondary N) is 9. The summed E-state index contributed by atoms with van der Waals surface area (Å²) < 4.78 is 0. The fraction of sp³-hybridized carbons (Fsp3) is 0.431. The Labute approximate surface area is 486 Å². The smallest absolute Gasteiger partial charge is 0.255 e. The summed E-state index contributed by atoms with van der Waals surface area (Å²) in [5.41, 5.74) is -1.24. The minimum Gasteiger partial charge on any atom is -0.506 e. The Bertz CT molecular complexity index is 2960. The molecule has 4 aromatic carbocycles. The predicted molar refractivity (Wildman–Crippen MR) is 308 cm³/mol. The van der Waals surface area contributed by atoms with E-state index in [0.717, 1.165) is 0 Å². The normalized spacial score (nSPS) is 21.8. The molecule has 0 saturated heterocycles. The van der Waals surface area contributed by atoms with Gasteiger partial charge < -0.3 is 68.3 Å². The van der Waals surface area contributed by atoms with Crippen molar-refractivity contribution in [1.82, 2.24) is 67.5 Å². The maximum atomic E-state index is 14.3. The van der Waals surface area contributed by atoms with E-state index in [1.54, 1.807) is 0 Å². The van der Waals surface area contributed by atoms with Gasteiger partial charge in [0.2, 0.25) is 5.91 Å². The van der Waals surface area contributed by atoms with E-state index in [1.807, 2.05) is 19.6 Å². The van der Waals surface area contributed by atoms with Crippen molar-refractivity contribution in [3.05, 3.63) is 117 Å². The number of phenolic OH excluding ortho intramolecular Hbond substituents is 4. The van der Waals surface area contributed by atoms with E-state index in [9.17, 15) is 63.6 Å². The van der Waals surface area contributed by atoms with Crippen LogP contribution >= 0.6 is 0 Å². The lowest BCUT2D eigenvalue weighted by atomic mass is 10.0. The van der Waals surface area contributed by atoms with Crippen molar-refractivity contribution < 1.29 is 63.6 Å². The van der Waals surface area contributed by atoms with Crippen molar-refractivity contribution in [1.29, 1.82) is 0 Å². The van der Waals surface area contributed by atoms with Gasteiger partial charge in [-0.05, 0) is 67.8 Å². The number of rotatable bonds is 5. The van der Waals surface area contributed by atoms with Crippen LogP contribution in [-0.4, -0.2) is 230 Å². The van der Waals surface area contributed by atoms with Crippen LogP contribution in [0.1, 0.15) is 109 Å². The third-order valence-corrected chi connectivity index (χ3v) is 14.7. The molecule has 84 heavy (non-hydrogen) atoms. The summed E-state index contributed by atoms with van der Waals surface area (Å²) in [6.45, 7) is 3.94. The van der Waals surface area contributed by atoms with E-state index in [0.29, 0.717) is 25.8 Å². The molecule has 0 aromatic heterocycles. The summed E-state index contributed by atoms with van der Waals surface area (Å²) in [7, 11) is 0.